The molecule has 0 saturated carbocycles. The van der Waals surface area contributed by atoms with E-state index in [9.17, 15) is 0 Å². The second-order valence-corrected chi connectivity index (χ2v) is 4.70. The summed E-state index contributed by atoms with van der Waals surface area (Å²) in [6.45, 7) is 2.12. The number of fused-ring (bicyclic) bond motifs is 1. The molecule has 1 fully saturated rings. The Morgan fingerprint density at radius 1 is 1.18 bits per heavy atom. The predicted molar refractivity (Wildman–Crippen MR) is 71.2 cm³/mol. The number of rotatable bonds is 1. The maximum Gasteiger partial charge on any atom is 0.0447 e. The number of aromatic nitrogens is 1. The Morgan fingerprint density at radius 2 is 2.00 bits per heavy atom. The Labute approximate surface area is 101 Å². The number of hydrogen-bond donors (Lipinski definition) is 1. The molecule has 1 saturated heterocycles. The van der Waals surface area contributed by atoms with Gasteiger partial charge in [-0.3, -0.25) is 4.98 Å². The lowest BCUT2D eigenvalue weighted by atomic mass is 10.0. The van der Waals surface area contributed by atoms with Crippen LogP contribution in [0.4, 0.5) is 5.69 Å². The Morgan fingerprint density at radius 3 is 2.82 bits per heavy atom. The van der Waals surface area contributed by atoms with E-state index >= 15 is 0 Å². The van der Waals surface area contributed by atoms with Crippen molar-refractivity contribution >= 4 is 16.5 Å². The highest BCUT2D eigenvalue weighted by molar-refractivity contribution is 5.93. The monoisotopic (exact) mass is 227 g/mol. The fourth-order valence-corrected chi connectivity index (χ4v) is 2.52. The second kappa shape index (κ2) is 4.34. The Kier molecular flexibility index (Phi) is 2.69. The number of hydrogen-bond acceptors (Lipinski definition) is 3. The smallest absolute Gasteiger partial charge is 0.0447 e. The summed E-state index contributed by atoms with van der Waals surface area (Å²) in [7, 11) is 0. The van der Waals surface area contributed by atoms with Crippen molar-refractivity contribution in [1.82, 2.24) is 4.98 Å². The van der Waals surface area contributed by atoms with Crippen molar-refractivity contribution in [3.8, 4) is 0 Å². The quantitative estimate of drug-likeness (QED) is 0.811. The van der Waals surface area contributed by atoms with Gasteiger partial charge >= 0.3 is 0 Å². The average molecular weight is 227 g/mol. The molecular weight excluding hydrogens is 210 g/mol. The first-order chi connectivity index (χ1) is 8.34. The van der Waals surface area contributed by atoms with Crippen LogP contribution in [-0.4, -0.2) is 24.1 Å². The van der Waals surface area contributed by atoms with E-state index in [0.717, 1.165) is 25.9 Å². The first-order valence-electron chi connectivity index (χ1n) is 6.18. The third-order valence-corrected chi connectivity index (χ3v) is 3.54. The van der Waals surface area contributed by atoms with E-state index in [1.807, 2.05) is 12.4 Å². The third-order valence-electron chi connectivity index (χ3n) is 3.54. The van der Waals surface area contributed by atoms with Crippen LogP contribution >= 0.6 is 0 Å². The summed E-state index contributed by atoms with van der Waals surface area (Å²) < 4.78 is 0. The highest BCUT2D eigenvalue weighted by atomic mass is 15.1. The molecule has 17 heavy (non-hydrogen) atoms. The van der Waals surface area contributed by atoms with Crippen LogP contribution in [0.15, 0.2) is 36.7 Å². The number of nitrogens with zero attached hydrogens (tertiary/aromatic N) is 2. The van der Waals surface area contributed by atoms with Gasteiger partial charge in [-0.25, -0.2) is 0 Å². The van der Waals surface area contributed by atoms with Gasteiger partial charge in [-0.1, -0.05) is 12.1 Å². The third kappa shape index (κ3) is 1.98. The molecule has 0 aliphatic carbocycles. The van der Waals surface area contributed by atoms with E-state index in [1.165, 1.54) is 16.5 Å². The van der Waals surface area contributed by atoms with Crippen LogP contribution in [0.5, 0.6) is 0 Å². The molecule has 0 spiro atoms. The maximum absolute atomic E-state index is 5.95. The number of benzene rings is 1. The van der Waals surface area contributed by atoms with Crippen molar-refractivity contribution in [2.45, 2.75) is 18.9 Å². The molecule has 3 nitrogen and oxygen atoms in total. The number of pyridine rings is 1. The summed E-state index contributed by atoms with van der Waals surface area (Å²) in [4.78, 5) is 6.61. The molecule has 0 unspecified atom stereocenters. The minimum atomic E-state index is 0.378. The SMILES string of the molecule is NC1CCN(c2cccc3cnccc23)CC1. The second-order valence-electron chi connectivity index (χ2n) is 4.70. The summed E-state index contributed by atoms with van der Waals surface area (Å²) >= 11 is 0. The first kappa shape index (κ1) is 10.5. The molecule has 0 amide bonds. The zero-order valence-corrected chi connectivity index (χ0v) is 9.84. The van der Waals surface area contributed by atoms with Gasteiger partial charge in [0, 0.05) is 48.0 Å². The van der Waals surface area contributed by atoms with E-state index in [2.05, 4.69) is 34.1 Å². The van der Waals surface area contributed by atoms with Gasteiger partial charge in [0.15, 0.2) is 0 Å². The minimum absolute atomic E-state index is 0.378. The molecule has 1 aliphatic heterocycles. The summed E-state index contributed by atoms with van der Waals surface area (Å²) in [5.74, 6) is 0. The van der Waals surface area contributed by atoms with Crippen molar-refractivity contribution < 1.29 is 0 Å². The average Bonchev–Trinajstić information content (AvgIpc) is 2.39. The van der Waals surface area contributed by atoms with Crippen LogP contribution in [-0.2, 0) is 0 Å². The normalized spacial score (nSPS) is 17.6. The van der Waals surface area contributed by atoms with Crippen LogP contribution in [0.1, 0.15) is 12.8 Å². The van der Waals surface area contributed by atoms with Gasteiger partial charge in [0.2, 0.25) is 0 Å². The first-order valence-corrected chi connectivity index (χ1v) is 6.18. The minimum Gasteiger partial charge on any atom is -0.371 e. The van der Waals surface area contributed by atoms with Crippen molar-refractivity contribution in [2.75, 3.05) is 18.0 Å². The molecule has 1 aromatic heterocycles. The van der Waals surface area contributed by atoms with Crippen LogP contribution in [0.3, 0.4) is 0 Å². The summed E-state index contributed by atoms with van der Waals surface area (Å²) in [5, 5.41) is 2.50. The van der Waals surface area contributed by atoms with Crippen molar-refractivity contribution in [1.29, 1.82) is 0 Å². The zero-order valence-electron chi connectivity index (χ0n) is 9.84. The topological polar surface area (TPSA) is 42.1 Å². The predicted octanol–water partition coefficient (Wildman–Crippen LogP) is 2.16. The lowest BCUT2D eigenvalue weighted by Crippen LogP contribution is -2.39. The van der Waals surface area contributed by atoms with Gasteiger partial charge < -0.3 is 10.6 Å². The molecular formula is C14H17N3. The van der Waals surface area contributed by atoms with E-state index in [1.54, 1.807) is 0 Å². The molecule has 0 bridgehead atoms. The Bertz CT molecular complexity index is 510. The summed E-state index contributed by atoms with van der Waals surface area (Å²) in [6, 6.07) is 8.89. The molecule has 1 aromatic carbocycles. The van der Waals surface area contributed by atoms with Crippen LogP contribution in [0.2, 0.25) is 0 Å². The fourth-order valence-electron chi connectivity index (χ4n) is 2.52. The summed E-state index contributed by atoms with van der Waals surface area (Å²) in [5.41, 5.74) is 7.27. The van der Waals surface area contributed by atoms with E-state index in [4.69, 9.17) is 5.73 Å². The lowest BCUT2D eigenvalue weighted by molar-refractivity contribution is 0.502. The zero-order chi connectivity index (χ0) is 11.7. The number of anilines is 1. The van der Waals surface area contributed by atoms with Gasteiger partial charge in [-0.2, -0.15) is 0 Å². The summed E-state index contributed by atoms with van der Waals surface area (Å²) in [6.07, 6.45) is 5.96. The Hall–Kier alpha value is -1.61. The lowest BCUT2D eigenvalue weighted by Gasteiger charge is -2.32. The van der Waals surface area contributed by atoms with Gasteiger partial charge in [0.05, 0.1) is 0 Å². The van der Waals surface area contributed by atoms with Gasteiger partial charge in [0.25, 0.3) is 0 Å². The molecule has 1 aliphatic rings. The molecule has 3 heteroatoms. The van der Waals surface area contributed by atoms with Crippen molar-refractivity contribution in [3.63, 3.8) is 0 Å². The van der Waals surface area contributed by atoms with Crippen LogP contribution < -0.4 is 10.6 Å². The molecule has 2 N–H and O–H groups in total. The number of piperidine rings is 1. The van der Waals surface area contributed by atoms with Gasteiger partial charge in [-0.05, 0) is 25.0 Å². The van der Waals surface area contributed by atoms with Gasteiger partial charge in [0.1, 0.15) is 0 Å². The molecule has 0 atom stereocenters. The maximum atomic E-state index is 5.95. The van der Waals surface area contributed by atoms with E-state index < -0.39 is 0 Å². The largest absolute Gasteiger partial charge is 0.371 e. The molecule has 88 valence electrons. The van der Waals surface area contributed by atoms with Gasteiger partial charge in [-0.15, -0.1) is 0 Å². The van der Waals surface area contributed by atoms with Crippen molar-refractivity contribution in [3.05, 3.63) is 36.7 Å². The van der Waals surface area contributed by atoms with E-state index in [0.29, 0.717) is 6.04 Å². The highest BCUT2D eigenvalue weighted by Gasteiger charge is 2.17. The van der Waals surface area contributed by atoms with Crippen molar-refractivity contribution in [2.24, 2.45) is 5.73 Å². The molecule has 2 aromatic rings. The molecule has 2 heterocycles. The standard InChI is InChI=1S/C14H17N3/c15-12-5-8-17(9-6-12)14-3-1-2-11-10-16-7-4-13(11)14/h1-4,7,10,12H,5-6,8-9,15H2. The Balaban J connectivity index is 2.00. The van der Waals surface area contributed by atoms with E-state index in [-0.39, 0.29) is 0 Å². The molecule has 0 radical (unpaired) electrons. The highest BCUT2D eigenvalue weighted by Crippen LogP contribution is 2.27. The van der Waals surface area contributed by atoms with Crippen LogP contribution in [0.25, 0.3) is 10.8 Å². The van der Waals surface area contributed by atoms with Crippen LogP contribution in [0, 0.1) is 0 Å². The molecule has 3 rings (SSSR count). The number of nitrogens with two attached hydrogens (primary N) is 1. The fraction of sp³-hybridized carbons (Fsp3) is 0.357.